The van der Waals surface area contributed by atoms with Gasteiger partial charge in [0.25, 0.3) is 0 Å². The third kappa shape index (κ3) is 2.43. The Morgan fingerprint density at radius 1 is 1.30 bits per heavy atom. The fourth-order valence-electron chi connectivity index (χ4n) is 4.02. The lowest BCUT2D eigenvalue weighted by Gasteiger charge is -2.13. The number of phenolic OH excluding ortho intramolecular Hbond substituents is 1. The number of phenols is 1. The highest BCUT2D eigenvalue weighted by atomic mass is 19.4. The van der Waals surface area contributed by atoms with E-state index in [1.807, 2.05) is 16.9 Å². The molecule has 0 amide bonds. The first kappa shape index (κ1) is 16.6. The molecule has 5 nitrogen and oxygen atoms in total. The van der Waals surface area contributed by atoms with Crippen LogP contribution in [-0.4, -0.2) is 33.1 Å². The van der Waals surface area contributed by atoms with Crippen molar-refractivity contribution >= 4 is 11.0 Å². The average molecular weight is 375 g/mol. The largest absolute Gasteiger partial charge is 0.507 e. The van der Waals surface area contributed by atoms with Crippen LogP contribution in [0.2, 0.25) is 0 Å². The van der Waals surface area contributed by atoms with Crippen molar-refractivity contribution in [3.8, 4) is 17.0 Å². The Morgan fingerprint density at radius 2 is 2.11 bits per heavy atom. The summed E-state index contributed by atoms with van der Waals surface area (Å²) in [7, 11) is 0. The maximum absolute atomic E-state index is 12.9. The van der Waals surface area contributed by atoms with Gasteiger partial charge in [-0.2, -0.15) is 18.3 Å². The maximum Gasteiger partial charge on any atom is 0.416 e. The fraction of sp³-hybridized carbons (Fsp3) is 0.368. The highest BCUT2D eigenvalue weighted by Crippen LogP contribution is 2.54. The predicted octanol–water partition coefficient (Wildman–Crippen LogP) is 3.88. The molecular formula is C19H16F3N3O2. The molecule has 1 aliphatic carbocycles. The van der Waals surface area contributed by atoms with E-state index in [4.69, 9.17) is 4.74 Å². The Hall–Kier alpha value is -2.61. The zero-order valence-corrected chi connectivity index (χ0v) is 14.4. The molecule has 3 heterocycles. The van der Waals surface area contributed by atoms with Gasteiger partial charge in [-0.15, -0.1) is 0 Å². The molecular weight excluding hydrogens is 359 g/mol. The predicted molar refractivity (Wildman–Crippen MR) is 91.3 cm³/mol. The Morgan fingerprint density at radius 3 is 2.74 bits per heavy atom. The minimum Gasteiger partial charge on any atom is -0.507 e. The molecule has 2 atom stereocenters. The van der Waals surface area contributed by atoms with Gasteiger partial charge in [-0.3, -0.25) is 4.68 Å². The second-order valence-corrected chi connectivity index (χ2v) is 7.39. The Balaban J connectivity index is 1.58. The molecule has 2 aromatic heterocycles. The van der Waals surface area contributed by atoms with E-state index in [0.29, 0.717) is 29.4 Å². The zero-order chi connectivity index (χ0) is 19.0. The van der Waals surface area contributed by atoms with Crippen molar-refractivity contribution in [2.75, 3.05) is 13.2 Å². The molecule has 1 saturated carbocycles. The van der Waals surface area contributed by atoms with Crippen LogP contribution in [0.4, 0.5) is 13.2 Å². The number of fused-ring (bicyclic) bond motifs is 2. The first-order valence-corrected chi connectivity index (χ1v) is 8.64. The summed E-state index contributed by atoms with van der Waals surface area (Å²) in [6, 6.07) is 5.26. The number of aryl methyl sites for hydroxylation is 1. The molecule has 1 aromatic carbocycles. The van der Waals surface area contributed by atoms with Crippen molar-refractivity contribution < 1.29 is 23.0 Å². The molecule has 0 radical (unpaired) electrons. The molecule has 2 unspecified atom stereocenters. The number of aromatic hydroxyl groups is 1. The summed E-state index contributed by atoms with van der Waals surface area (Å²) in [6.07, 6.45) is -1.55. The van der Waals surface area contributed by atoms with Gasteiger partial charge in [0.15, 0.2) is 5.65 Å². The minimum atomic E-state index is -4.51. The van der Waals surface area contributed by atoms with Crippen LogP contribution in [0.25, 0.3) is 22.3 Å². The normalized spacial score (nSPS) is 24.4. The number of nitrogens with zero attached hydrogens (tertiary/aromatic N) is 3. The van der Waals surface area contributed by atoms with Gasteiger partial charge < -0.3 is 9.84 Å². The second kappa shape index (κ2) is 5.22. The summed E-state index contributed by atoms with van der Waals surface area (Å²) in [5.41, 5.74) is 0.520. The Labute approximate surface area is 152 Å². The third-order valence-electron chi connectivity index (χ3n) is 5.59. The van der Waals surface area contributed by atoms with Crippen molar-refractivity contribution in [3.63, 3.8) is 0 Å². The molecule has 140 valence electrons. The van der Waals surface area contributed by atoms with Crippen molar-refractivity contribution in [1.82, 2.24) is 14.8 Å². The number of benzene rings is 1. The summed E-state index contributed by atoms with van der Waals surface area (Å²) in [5.74, 6) is 0.0335. The highest BCUT2D eigenvalue weighted by molar-refractivity contribution is 5.80. The van der Waals surface area contributed by atoms with Gasteiger partial charge in [0, 0.05) is 23.1 Å². The topological polar surface area (TPSA) is 60.2 Å². The monoisotopic (exact) mass is 375 g/mol. The minimum absolute atomic E-state index is 0.0761. The van der Waals surface area contributed by atoms with E-state index in [-0.39, 0.29) is 11.1 Å². The van der Waals surface area contributed by atoms with E-state index in [0.717, 1.165) is 30.5 Å². The SMILES string of the molecule is Cc1cc(C(F)(F)F)cc(O)c1-c1ccc2cn(C34COCC3C4)nc2n1. The fourth-order valence-corrected chi connectivity index (χ4v) is 4.02. The van der Waals surface area contributed by atoms with Gasteiger partial charge in [-0.1, -0.05) is 0 Å². The van der Waals surface area contributed by atoms with Gasteiger partial charge in [-0.25, -0.2) is 4.98 Å². The molecule has 5 rings (SSSR count). The van der Waals surface area contributed by atoms with Crippen molar-refractivity contribution in [2.24, 2.45) is 5.92 Å². The van der Waals surface area contributed by atoms with E-state index >= 15 is 0 Å². The molecule has 8 heteroatoms. The van der Waals surface area contributed by atoms with Crippen LogP contribution in [0, 0.1) is 12.8 Å². The molecule has 1 saturated heterocycles. The Kier molecular flexibility index (Phi) is 3.20. The molecule has 0 spiro atoms. The molecule has 3 aromatic rings. The molecule has 1 aliphatic heterocycles. The number of alkyl halides is 3. The van der Waals surface area contributed by atoms with Crippen molar-refractivity contribution in [3.05, 3.63) is 41.6 Å². The van der Waals surface area contributed by atoms with Gasteiger partial charge in [0.05, 0.1) is 30.0 Å². The van der Waals surface area contributed by atoms with Crippen LogP contribution in [0.5, 0.6) is 5.75 Å². The first-order valence-electron chi connectivity index (χ1n) is 8.64. The number of halogens is 3. The first-order chi connectivity index (χ1) is 12.8. The number of hydrogen-bond acceptors (Lipinski definition) is 4. The summed E-state index contributed by atoms with van der Waals surface area (Å²) in [5, 5.41) is 15.6. The van der Waals surface area contributed by atoms with E-state index in [1.165, 1.54) is 6.92 Å². The lowest BCUT2D eigenvalue weighted by molar-refractivity contribution is -0.137. The summed E-state index contributed by atoms with van der Waals surface area (Å²) in [4.78, 5) is 4.49. The molecule has 0 bridgehead atoms. The summed E-state index contributed by atoms with van der Waals surface area (Å²) in [6.45, 7) is 2.91. The van der Waals surface area contributed by atoms with Gasteiger partial charge >= 0.3 is 6.18 Å². The van der Waals surface area contributed by atoms with E-state index in [9.17, 15) is 18.3 Å². The number of hydrogen-bond donors (Lipinski definition) is 1. The zero-order valence-electron chi connectivity index (χ0n) is 14.4. The maximum atomic E-state index is 12.9. The highest BCUT2D eigenvalue weighted by Gasteiger charge is 2.60. The summed E-state index contributed by atoms with van der Waals surface area (Å²) >= 11 is 0. The van der Waals surface area contributed by atoms with Crippen LogP contribution in [0.1, 0.15) is 17.5 Å². The van der Waals surface area contributed by atoms with Crippen LogP contribution in [0.3, 0.4) is 0 Å². The van der Waals surface area contributed by atoms with Gasteiger partial charge in [-0.05, 0) is 43.2 Å². The van der Waals surface area contributed by atoms with Crippen LogP contribution in [0.15, 0.2) is 30.5 Å². The third-order valence-corrected chi connectivity index (χ3v) is 5.59. The quantitative estimate of drug-likeness (QED) is 0.739. The van der Waals surface area contributed by atoms with Crippen molar-refractivity contribution in [2.45, 2.75) is 25.1 Å². The lowest BCUT2D eigenvalue weighted by Crippen LogP contribution is -2.21. The van der Waals surface area contributed by atoms with Crippen LogP contribution < -0.4 is 0 Å². The second-order valence-electron chi connectivity index (χ2n) is 7.39. The standard InChI is InChI=1S/C19H16F3N3O2/c1-10-4-12(19(20,21)22)5-15(26)16(10)14-3-2-11-7-25(24-17(11)23-14)18-6-13(18)8-27-9-18/h2-5,7,13,26H,6,8-9H2,1H3. The van der Waals surface area contributed by atoms with E-state index in [2.05, 4.69) is 10.1 Å². The molecule has 1 N–H and O–H groups in total. The van der Waals surface area contributed by atoms with Crippen molar-refractivity contribution in [1.29, 1.82) is 0 Å². The molecule has 2 aliphatic rings. The number of aromatic nitrogens is 3. The molecule has 27 heavy (non-hydrogen) atoms. The van der Waals surface area contributed by atoms with Crippen LogP contribution >= 0.6 is 0 Å². The average Bonchev–Trinajstić information content (AvgIpc) is 2.96. The van der Waals surface area contributed by atoms with E-state index < -0.39 is 17.5 Å². The van der Waals surface area contributed by atoms with Crippen LogP contribution in [-0.2, 0) is 16.5 Å². The van der Waals surface area contributed by atoms with Gasteiger partial charge in [0.2, 0.25) is 0 Å². The van der Waals surface area contributed by atoms with Gasteiger partial charge in [0.1, 0.15) is 5.75 Å². The van der Waals surface area contributed by atoms with E-state index in [1.54, 1.807) is 6.07 Å². The lowest BCUT2D eigenvalue weighted by atomic mass is 10.00. The summed E-state index contributed by atoms with van der Waals surface area (Å²) < 4.78 is 46.2. The number of ether oxygens (including phenoxy) is 1. The smallest absolute Gasteiger partial charge is 0.416 e. The molecule has 2 fully saturated rings. The number of pyridine rings is 1. The number of rotatable bonds is 2. The Bertz CT molecular complexity index is 1050.